The summed E-state index contributed by atoms with van der Waals surface area (Å²) in [5, 5.41) is 0.389. The highest BCUT2D eigenvalue weighted by atomic mass is 35.5. The summed E-state index contributed by atoms with van der Waals surface area (Å²) in [7, 11) is -7.65. The van der Waals surface area contributed by atoms with Crippen LogP contribution >= 0.6 is 11.6 Å². The van der Waals surface area contributed by atoms with Crippen LogP contribution in [0.25, 0.3) is 0 Å². The number of hydrogen-bond donors (Lipinski definition) is 1. The fourth-order valence-electron chi connectivity index (χ4n) is 2.76. The number of benzene rings is 2. The molecule has 0 bridgehead atoms. The van der Waals surface area contributed by atoms with Crippen LogP contribution in [0.3, 0.4) is 0 Å². The average molecular weight is 429 g/mol. The van der Waals surface area contributed by atoms with Crippen molar-refractivity contribution in [3.63, 3.8) is 0 Å². The lowest BCUT2D eigenvalue weighted by Gasteiger charge is -2.16. The minimum Gasteiger partial charge on any atom is -0.279 e. The number of hydrogen-bond acceptors (Lipinski definition) is 5. The van der Waals surface area contributed by atoms with Gasteiger partial charge in [-0.15, -0.1) is 0 Å². The van der Waals surface area contributed by atoms with E-state index >= 15 is 0 Å². The molecule has 0 saturated carbocycles. The molecular weight excluding hydrogens is 412 g/mol. The van der Waals surface area contributed by atoms with Crippen LogP contribution in [0, 0.1) is 12.8 Å². The molecular formula is C17H17ClN2O5S2. The Labute approximate surface area is 163 Å². The van der Waals surface area contributed by atoms with Gasteiger partial charge in [-0.05, 0) is 48.9 Å². The van der Waals surface area contributed by atoms with Gasteiger partial charge in [0.25, 0.3) is 10.0 Å². The lowest BCUT2D eigenvalue weighted by Crippen LogP contribution is -2.30. The molecule has 10 heteroatoms. The topological polar surface area (TPSA) is 101 Å². The Hall–Kier alpha value is -2.10. The zero-order chi connectivity index (χ0) is 20.0. The standard InChI is InChI=1S/C17H17ClN2O5S2/c1-11-3-4-13(18)9-16(11)19-27(24,25)15-7-5-14(6-8-15)20-17(21)12(2)10-26(20,22)23/h3-9,12,19H,10H2,1-2H3/t12-/m1/s1. The maximum Gasteiger partial charge on any atom is 0.261 e. The summed E-state index contributed by atoms with van der Waals surface area (Å²) >= 11 is 5.91. The van der Waals surface area contributed by atoms with E-state index in [2.05, 4.69) is 4.72 Å². The first kappa shape index (κ1) is 19.7. The highest BCUT2D eigenvalue weighted by molar-refractivity contribution is 7.94. The fourth-order valence-corrected chi connectivity index (χ4v) is 5.87. The Morgan fingerprint density at radius 3 is 2.33 bits per heavy atom. The summed E-state index contributed by atoms with van der Waals surface area (Å²) in [6.45, 7) is 3.28. The van der Waals surface area contributed by atoms with Crippen LogP contribution in [-0.2, 0) is 24.8 Å². The second kappa shape index (κ2) is 6.81. The molecule has 0 spiro atoms. The summed E-state index contributed by atoms with van der Waals surface area (Å²) in [4.78, 5) is 12.1. The maximum absolute atomic E-state index is 12.6. The number of carbonyl (C=O) groups is 1. The molecule has 2 aromatic rings. The number of rotatable bonds is 4. The minimum absolute atomic E-state index is 0.0669. The first-order valence-corrected chi connectivity index (χ1v) is 11.4. The maximum atomic E-state index is 12.6. The van der Waals surface area contributed by atoms with Crippen molar-refractivity contribution in [2.75, 3.05) is 14.8 Å². The van der Waals surface area contributed by atoms with Gasteiger partial charge in [-0.2, -0.15) is 0 Å². The van der Waals surface area contributed by atoms with Gasteiger partial charge in [-0.1, -0.05) is 24.6 Å². The molecule has 1 fully saturated rings. The van der Waals surface area contributed by atoms with Crippen molar-refractivity contribution >= 4 is 48.9 Å². The lowest BCUT2D eigenvalue weighted by atomic mass is 10.2. The molecule has 7 nitrogen and oxygen atoms in total. The number of halogens is 1. The van der Waals surface area contributed by atoms with Crippen LogP contribution < -0.4 is 9.03 Å². The zero-order valence-corrected chi connectivity index (χ0v) is 16.9. The molecule has 144 valence electrons. The molecule has 1 aliphatic rings. The molecule has 1 saturated heterocycles. The first-order valence-electron chi connectivity index (χ1n) is 7.97. The molecule has 1 amide bonds. The molecule has 2 aromatic carbocycles. The molecule has 1 heterocycles. The third kappa shape index (κ3) is 3.80. The highest BCUT2D eigenvalue weighted by Crippen LogP contribution is 2.30. The summed E-state index contributed by atoms with van der Waals surface area (Å²) in [6.07, 6.45) is 0. The van der Waals surface area contributed by atoms with Crippen molar-refractivity contribution in [2.45, 2.75) is 18.7 Å². The van der Waals surface area contributed by atoms with Crippen LogP contribution in [0.2, 0.25) is 5.02 Å². The van der Waals surface area contributed by atoms with Crippen molar-refractivity contribution in [3.8, 4) is 0 Å². The van der Waals surface area contributed by atoms with Gasteiger partial charge >= 0.3 is 0 Å². The molecule has 0 radical (unpaired) electrons. The van der Waals surface area contributed by atoms with Gasteiger partial charge in [0.15, 0.2) is 0 Å². The van der Waals surface area contributed by atoms with Gasteiger partial charge in [0.2, 0.25) is 15.9 Å². The fraction of sp³-hybridized carbons (Fsp3) is 0.235. The van der Waals surface area contributed by atoms with Crippen molar-refractivity contribution in [1.29, 1.82) is 0 Å². The van der Waals surface area contributed by atoms with Crippen molar-refractivity contribution in [2.24, 2.45) is 5.92 Å². The monoisotopic (exact) mass is 428 g/mol. The Morgan fingerprint density at radius 1 is 1.15 bits per heavy atom. The van der Waals surface area contributed by atoms with E-state index in [9.17, 15) is 21.6 Å². The number of sulfonamides is 2. The van der Waals surface area contributed by atoms with Crippen LogP contribution in [0.5, 0.6) is 0 Å². The van der Waals surface area contributed by atoms with E-state index in [-0.39, 0.29) is 16.3 Å². The Kier molecular flexibility index (Phi) is 4.96. The highest BCUT2D eigenvalue weighted by Gasteiger charge is 2.41. The molecule has 0 aromatic heterocycles. The predicted molar refractivity (Wildman–Crippen MR) is 104 cm³/mol. The van der Waals surface area contributed by atoms with E-state index in [4.69, 9.17) is 11.6 Å². The summed E-state index contributed by atoms with van der Waals surface area (Å²) in [6, 6.07) is 9.94. The van der Waals surface area contributed by atoms with Crippen LogP contribution in [0.1, 0.15) is 12.5 Å². The molecule has 1 N–H and O–H groups in total. The van der Waals surface area contributed by atoms with E-state index < -0.39 is 31.9 Å². The third-order valence-electron chi connectivity index (χ3n) is 4.19. The Balaban J connectivity index is 1.91. The van der Waals surface area contributed by atoms with E-state index in [1.165, 1.54) is 37.3 Å². The smallest absolute Gasteiger partial charge is 0.261 e. The van der Waals surface area contributed by atoms with Crippen LogP contribution in [-0.4, -0.2) is 28.5 Å². The first-order chi connectivity index (χ1) is 12.5. The number of anilines is 2. The quantitative estimate of drug-likeness (QED) is 0.806. The van der Waals surface area contributed by atoms with Gasteiger partial charge in [0.1, 0.15) is 0 Å². The average Bonchev–Trinajstić information content (AvgIpc) is 2.78. The summed E-state index contributed by atoms with van der Waals surface area (Å²) in [5.74, 6) is -1.43. The van der Waals surface area contributed by atoms with Gasteiger partial charge in [0.05, 0.1) is 27.9 Å². The molecule has 1 aliphatic heterocycles. The molecule has 1 atom stereocenters. The van der Waals surface area contributed by atoms with E-state index in [0.29, 0.717) is 16.3 Å². The summed E-state index contributed by atoms with van der Waals surface area (Å²) < 4.78 is 52.6. The second-order valence-electron chi connectivity index (χ2n) is 6.34. The van der Waals surface area contributed by atoms with E-state index in [1.54, 1.807) is 19.1 Å². The SMILES string of the molecule is Cc1ccc(Cl)cc1NS(=O)(=O)c1ccc(N2C(=O)[C@H](C)CS2(=O)=O)cc1. The molecule has 0 unspecified atom stereocenters. The molecule has 27 heavy (non-hydrogen) atoms. The second-order valence-corrected chi connectivity index (χ2v) is 10.3. The van der Waals surface area contributed by atoms with Crippen molar-refractivity contribution in [1.82, 2.24) is 0 Å². The number of nitrogens with zero attached hydrogens (tertiary/aromatic N) is 1. The number of aryl methyl sites for hydroxylation is 1. The number of amides is 1. The van der Waals surface area contributed by atoms with Crippen molar-refractivity contribution in [3.05, 3.63) is 53.1 Å². The largest absolute Gasteiger partial charge is 0.279 e. The van der Waals surface area contributed by atoms with Crippen molar-refractivity contribution < 1.29 is 21.6 Å². The Morgan fingerprint density at radius 2 is 1.78 bits per heavy atom. The minimum atomic E-state index is -3.91. The van der Waals surface area contributed by atoms with Gasteiger partial charge in [-0.25, -0.2) is 21.1 Å². The van der Waals surface area contributed by atoms with Gasteiger partial charge in [-0.3, -0.25) is 9.52 Å². The summed E-state index contributed by atoms with van der Waals surface area (Å²) in [5.41, 5.74) is 1.15. The normalized spacial score (nSPS) is 19.3. The van der Waals surface area contributed by atoms with Crippen LogP contribution in [0.4, 0.5) is 11.4 Å². The van der Waals surface area contributed by atoms with Crippen LogP contribution in [0.15, 0.2) is 47.4 Å². The van der Waals surface area contributed by atoms with Gasteiger partial charge in [0, 0.05) is 5.02 Å². The molecule has 3 rings (SSSR count). The molecule has 0 aliphatic carbocycles. The van der Waals surface area contributed by atoms with E-state index in [0.717, 1.165) is 4.31 Å². The van der Waals surface area contributed by atoms with E-state index in [1.807, 2.05) is 0 Å². The third-order valence-corrected chi connectivity index (χ3v) is 7.67. The number of carbonyl (C=O) groups excluding carboxylic acids is 1. The lowest BCUT2D eigenvalue weighted by molar-refractivity contribution is -0.119. The Bertz CT molecular complexity index is 1110. The zero-order valence-electron chi connectivity index (χ0n) is 14.5. The number of nitrogens with one attached hydrogen (secondary N) is 1. The predicted octanol–water partition coefficient (Wildman–Crippen LogP) is 2.76. The van der Waals surface area contributed by atoms with Gasteiger partial charge < -0.3 is 0 Å².